The Morgan fingerprint density at radius 1 is 0.180 bits per heavy atom. The average Bonchev–Trinajstić information content (AvgIpc) is 2.88. The number of hydrogen-bond acceptors (Lipinski definition) is 0. The van der Waals surface area contributed by atoms with Crippen LogP contribution in [0.1, 0.15) is 0 Å². The van der Waals surface area contributed by atoms with Crippen molar-refractivity contribution in [1.82, 2.24) is 0 Å². The summed E-state index contributed by atoms with van der Waals surface area (Å²) in [5, 5.41) is 0. The van der Waals surface area contributed by atoms with Gasteiger partial charge < -0.3 is 0 Å². The third-order valence-corrected chi connectivity index (χ3v) is 713. The van der Waals surface area contributed by atoms with Crippen LogP contribution in [0.5, 0.6) is 0 Å². The molecule has 3 fully saturated rings. The first kappa shape index (κ1) is 48.3. The Hall–Kier alpha value is 3.90. The number of rotatable bonds is 8. The van der Waals surface area contributed by atoms with Gasteiger partial charge in [-0.15, -0.1) is 0 Å². The summed E-state index contributed by atoms with van der Waals surface area (Å²) in [7, 11) is -18.6. The Labute approximate surface area is 332 Å². The highest BCUT2D eigenvalue weighted by Crippen LogP contribution is 2.83. The van der Waals surface area contributed by atoms with Crippen molar-refractivity contribution in [2.24, 2.45) is 0 Å². The summed E-state index contributed by atoms with van der Waals surface area (Å²) >= 11 is 0. The lowest BCUT2D eigenvalue weighted by atomic mass is 11.8. The van der Waals surface area contributed by atoms with Crippen molar-refractivity contribution in [3.05, 3.63) is 0 Å². The zero-order chi connectivity index (χ0) is 41.0. The molecule has 18 heteroatoms. The fourth-order valence-electron chi connectivity index (χ4n) is 22.6. The van der Waals surface area contributed by atoms with Crippen LogP contribution >= 0.6 is 0 Å². The number of fused-ring (bicyclic) bond motifs is 4. The molecule has 0 aliphatic carbocycles. The van der Waals surface area contributed by atoms with Gasteiger partial charge in [-0.25, -0.2) is 0 Å². The summed E-state index contributed by atoms with van der Waals surface area (Å²) in [4.78, 5) is 0. The van der Waals surface area contributed by atoms with Crippen molar-refractivity contribution in [1.29, 1.82) is 0 Å². The Balaban J connectivity index is 3.48. The zero-order valence-corrected chi connectivity index (χ0v) is 59.0. The van der Waals surface area contributed by atoms with Crippen LogP contribution in [-0.4, -0.2) is 126 Å². The largest absolute Gasteiger partial charge is 0.0739 e. The quantitative estimate of drug-likeness (QED) is 0.213. The molecule has 0 unspecified atom stereocenters. The fourth-order valence-corrected chi connectivity index (χ4v) is 1960. The van der Waals surface area contributed by atoms with Gasteiger partial charge in [0, 0.05) is 126 Å². The molecule has 3 rings (SSSR count). The van der Waals surface area contributed by atoms with Crippen LogP contribution in [0.15, 0.2) is 0 Å². The van der Waals surface area contributed by atoms with E-state index in [0.717, 1.165) is 0 Å². The molecule has 0 saturated carbocycles. The summed E-state index contributed by atoms with van der Waals surface area (Å²) in [6.45, 7) is 105. The Bertz CT molecular complexity index is 1270. The van der Waals surface area contributed by atoms with Crippen molar-refractivity contribution in [3.63, 3.8) is 0 Å². The molecule has 3 saturated heterocycles. The molecule has 0 N–H and O–H groups in total. The van der Waals surface area contributed by atoms with Gasteiger partial charge in [0.05, 0.1) is 0 Å². The standard InChI is InChI=1S/C32H96Si18/c1-33(2,3)45(34(4,5)6)41(25,26)43(29,30)47(37(13,14)15)48(38(16,17)18)44(31,32)42(27,28)46(35(7,8)9,36(10,11)12)50(48,40(22,23)24)49(45,47)39(19,20)21/h1-32H3/t47-,48-,49-,50-/m0/s1. The summed E-state index contributed by atoms with van der Waals surface area (Å²) in [5.74, 6) is 0. The third-order valence-electron chi connectivity index (χ3n) is 19.2. The van der Waals surface area contributed by atoms with Crippen LogP contribution in [0, 0.1) is 0 Å². The topological polar surface area (TPSA) is 0 Å². The first-order valence-corrected chi connectivity index (χ1v) is 93.0. The van der Waals surface area contributed by atoms with Crippen molar-refractivity contribution < 1.29 is 0 Å². The van der Waals surface area contributed by atoms with Gasteiger partial charge in [0.1, 0.15) is 0 Å². The number of hydrogen-bond donors (Lipinski definition) is 0. The van der Waals surface area contributed by atoms with Crippen LogP contribution in [0.25, 0.3) is 0 Å². The van der Waals surface area contributed by atoms with E-state index >= 15 is 0 Å². The summed E-state index contributed by atoms with van der Waals surface area (Å²) in [6.07, 6.45) is -10.0. The van der Waals surface area contributed by atoms with Gasteiger partial charge in [-0.1, -0.05) is 210 Å². The molecule has 0 radical (unpaired) electrons. The maximum absolute atomic E-state index is 3.42. The van der Waals surface area contributed by atoms with E-state index in [1.807, 2.05) is 0 Å². The molecule has 0 nitrogen and oxygen atoms in total. The lowest BCUT2D eigenvalue weighted by Gasteiger charge is -2.97. The lowest BCUT2D eigenvalue weighted by molar-refractivity contribution is 1.76. The van der Waals surface area contributed by atoms with Gasteiger partial charge in [-0.3, -0.25) is 0 Å². The fraction of sp³-hybridized carbons (Fsp3) is 1.00. The third kappa shape index (κ3) is 3.98. The van der Waals surface area contributed by atoms with Crippen LogP contribution < -0.4 is 0 Å². The van der Waals surface area contributed by atoms with Crippen molar-refractivity contribution in [2.45, 2.75) is 210 Å². The van der Waals surface area contributed by atoms with Crippen molar-refractivity contribution in [3.8, 4) is 0 Å². The SMILES string of the molecule is C[Si](C)(C)[Si]1([Si](C)(C)C)[Si](C)(C)[Si](C)(C)[Si@@]2([Si](C)(C)C)[Si@]3([Si](C)(C)C)[Si](C)(C)[Si](C)(C)[Si]([Si](C)(C)C)([Si](C)(C)C)[Si@]3([Si](C)(C)C)[Si@@]12[Si](C)(C)C. The first-order chi connectivity index (χ1) is 21.0. The zero-order valence-electron chi connectivity index (χ0n) is 41.0. The minimum absolute atomic E-state index is 1.52. The maximum Gasteiger partial charge on any atom is 0.0303 e. The summed E-state index contributed by atoms with van der Waals surface area (Å²) < 4.78 is 0. The molecular weight excluding hydrogens is 890 g/mol. The second-order valence-corrected chi connectivity index (χ2v) is 267. The lowest BCUT2D eigenvalue weighted by Crippen LogP contribution is -3.32. The average molecular weight is 987 g/mol. The molecule has 4 atom stereocenters. The van der Waals surface area contributed by atoms with E-state index in [0.29, 0.717) is 0 Å². The normalized spacial score (nSPS) is 36.5. The monoisotopic (exact) mass is 984 g/mol. The first-order valence-electron chi connectivity index (χ1n) is 21.0. The van der Waals surface area contributed by atoms with Gasteiger partial charge in [0.25, 0.3) is 0 Å². The van der Waals surface area contributed by atoms with Gasteiger partial charge in [0.2, 0.25) is 0 Å². The van der Waals surface area contributed by atoms with Gasteiger partial charge in [0.15, 0.2) is 0 Å². The molecule has 50 heavy (non-hydrogen) atoms. The van der Waals surface area contributed by atoms with Crippen LogP contribution in [0.3, 0.4) is 0 Å². The molecule has 0 aromatic heterocycles. The van der Waals surface area contributed by atoms with E-state index in [1.165, 1.54) is 0 Å². The van der Waals surface area contributed by atoms with Crippen LogP contribution in [0.2, 0.25) is 210 Å². The minimum Gasteiger partial charge on any atom is -0.0739 e. The maximum atomic E-state index is 3.42. The van der Waals surface area contributed by atoms with E-state index in [4.69, 9.17) is 0 Å². The molecule has 0 aromatic carbocycles. The van der Waals surface area contributed by atoms with E-state index < -0.39 is 126 Å². The van der Waals surface area contributed by atoms with E-state index in [-0.39, 0.29) is 0 Å². The van der Waals surface area contributed by atoms with E-state index in [2.05, 4.69) is 210 Å². The molecule has 3 heterocycles. The van der Waals surface area contributed by atoms with E-state index in [1.54, 1.807) is 0 Å². The minimum atomic E-state index is -1.73. The molecule has 3 aliphatic rings. The highest BCUT2D eigenvalue weighted by molar-refractivity contribution is 8.77. The highest BCUT2D eigenvalue weighted by atomic mass is 31.0. The smallest absolute Gasteiger partial charge is 0.0303 e. The molecule has 0 aromatic rings. The summed E-state index contributed by atoms with van der Waals surface area (Å²) in [5.41, 5.74) is 0. The predicted molar refractivity (Wildman–Crippen MR) is 291 cm³/mol. The Kier molecular flexibility index (Phi) is 11.0. The van der Waals surface area contributed by atoms with Gasteiger partial charge in [-0.05, 0) is 0 Å². The van der Waals surface area contributed by atoms with Crippen molar-refractivity contribution >= 4 is 126 Å². The van der Waals surface area contributed by atoms with Gasteiger partial charge in [-0.2, -0.15) is 0 Å². The van der Waals surface area contributed by atoms with Crippen LogP contribution in [0.4, 0.5) is 0 Å². The molecule has 0 bridgehead atoms. The molecule has 296 valence electrons. The van der Waals surface area contributed by atoms with Gasteiger partial charge >= 0.3 is 0 Å². The predicted octanol–water partition coefficient (Wildman–Crippen LogP) is 11.8. The highest BCUT2D eigenvalue weighted by Gasteiger charge is 3.16. The molecule has 0 amide bonds. The Morgan fingerprint density at radius 3 is 0.420 bits per heavy atom. The summed E-state index contributed by atoms with van der Waals surface area (Å²) in [6, 6.07) is 0. The van der Waals surface area contributed by atoms with E-state index in [9.17, 15) is 0 Å². The second kappa shape index (κ2) is 11.4. The second-order valence-electron chi connectivity index (χ2n) is 29.0. The molecular formula is C32H96Si18. The molecule has 3 aliphatic heterocycles. The van der Waals surface area contributed by atoms with Crippen molar-refractivity contribution in [2.75, 3.05) is 0 Å². The van der Waals surface area contributed by atoms with Crippen LogP contribution in [-0.2, 0) is 0 Å². The molecule has 0 spiro atoms. The Morgan fingerprint density at radius 2 is 0.320 bits per heavy atom.